The number of halogens is 1. The summed E-state index contributed by atoms with van der Waals surface area (Å²) in [7, 11) is 0. The van der Waals surface area contributed by atoms with Crippen LogP contribution < -0.4 is 0 Å². The molecule has 1 aromatic carbocycles. The molecule has 0 aliphatic carbocycles. The Balaban J connectivity index is 2.64. The summed E-state index contributed by atoms with van der Waals surface area (Å²) < 4.78 is 1.08. The number of nitrogens with zero attached hydrogens (tertiary/aromatic N) is 1. The molecule has 2 rings (SSSR count). The highest BCUT2D eigenvalue weighted by molar-refractivity contribution is 9.10. The first kappa shape index (κ1) is 10.7. The molecule has 0 radical (unpaired) electrons. The Bertz CT molecular complexity index is 497. The van der Waals surface area contributed by atoms with Crippen LogP contribution in [0.4, 0.5) is 0 Å². The standard InChI is InChI=1S/C12H10BrNS/c1-8-2-3-9(13)6-11(8)10-4-5-14-7-12(10)15/h2-7,15H,1H3. The van der Waals surface area contributed by atoms with E-state index in [1.54, 1.807) is 12.4 Å². The van der Waals surface area contributed by atoms with E-state index in [0.29, 0.717) is 0 Å². The van der Waals surface area contributed by atoms with Crippen LogP contribution in [0.3, 0.4) is 0 Å². The average Bonchev–Trinajstić information content (AvgIpc) is 2.23. The van der Waals surface area contributed by atoms with Gasteiger partial charge in [-0.05, 0) is 41.8 Å². The Morgan fingerprint density at radius 3 is 2.73 bits per heavy atom. The maximum Gasteiger partial charge on any atom is 0.0407 e. The fraction of sp³-hybridized carbons (Fsp3) is 0.0833. The van der Waals surface area contributed by atoms with Gasteiger partial charge < -0.3 is 0 Å². The highest BCUT2D eigenvalue weighted by Crippen LogP contribution is 2.30. The van der Waals surface area contributed by atoms with Crippen molar-refractivity contribution in [2.75, 3.05) is 0 Å². The van der Waals surface area contributed by atoms with Crippen LogP contribution in [-0.2, 0) is 0 Å². The minimum Gasteiger partial charge on any atom is -0.264 e. The molecule has 1 aromatic heterocycles. The Hall–Kier alpha value is -0.800. The summed E-state index contributed by atoms with van der Waals surface area (Å²) in [6.07, 6.45) is 3.55. The van der Waals surface area contributed by atoms with Gasteiger partial charge in [-0.15, -0.1) is 12.6 Å². The molecule has 0 N–H and O–H groups in total. The molecule has 15 heavy (non-hydrogen) atoms. The predicted molar refractivity (Wildman–Crippen MR) is 69.4 cm³/mol. The van der Waals surface area contributed by atoms with Gasteiger partial charge in [0.15, 0.2) is 0 Å². The molecule has 0 spiro atoms. The molecule has 2 aromatic rings. The van der Waals surface area contributed by atoms with Crippen LogP contribution in [0.1, 0.15) is 5.56 Å². The molecule has 76 valence electrons. The van der Waals surface area contributed by atoms with Gasteiger partial charge in [-0.1, -0.05) is 22.0 Å². The number of hydrogen-bond donors (Lipinski definition) is 1. The smallest absolute Gasteiger partial charge is 0.0407 e. The third-order valence-corrected chi connectivity index (χ3v) is 3.14. The van der Waals surface area contributed by atoms with Crippen molar-refractivity contribution in [3.63, 3.8) is 0 Å². The third kappa shape index (κ3) is 2.24. The number of pyridine rings is 1. The van der Waals surface area contributed by atoms with Crippen molar-refractivity contribution in [1.29, 1.82) is 0 Å². The molecule has 0 saturated heterocycles. The molecular formula is C12H10BrNS. The maximum atomic E-state index is 4.41. The highest BCUT2D eigenvalue weighted by atomic mass is 79.9. The van der Waals surface area contributed by atoms with Crippen LogP contribution in [0, 0.1) is 6.92 Å². The lowest BCUT2D eigenvalue weighted by Gasteiger charge is -2.08. The molecule has 3 heteroatoms. The molecule has 0 aliphatic rings. The molecule has 0 amide bonds. The number of benzene rings is 1. The van der Waals surface area contributed by atoms with Gasteiger partial charge in [0, 0.05) is 21.8 Å². The van der Waals surface area contributed by atoms with E-state index in [9.17, 15) is 0 Å². The van der Waals surface area contributed by atoms with Crippen molar-refractivity contribution in [2.24, 2.45) is 0 Å². The zero-order chi connectivity index (χ0) is 10.8. The van der Waals surface area contributed by atoms with E-state index in [2.05, 4.69) is 52.6 Å². The van der Waals surface area contributed by atoms with Crippen LogP contribution in [0.2, 0.25) is 0 Å². The van der Waals surface area contributed by atoms with Crippen molar-refractivity contribution in [1.82, 2.24) is 4.98 Å². The van der Waals surface area contributed by atoms with E-state index in [1.807, 2.05) is 12.1 Å². The highest BCUT2D eigenvalue weighted by Gasteiger charge is 2.05. The first-order valence-electron chi connectivity index (χ1n) is 4.58. The van der Waals surface area contributed by atoms with Crippen LogP contribution in [0.15, 0.2) is 46.0 Å². The van der Waals surface area contributed by atoms with Gasteiger partial charge in [0.05, 0.1) is 0 Å². The van der Waals surface area contributed by atoms with Crippen LogP contribution in [0.5, 0.6) is 0 Å². The van der Waals surface area contributed by atoms with Crippen molar-refractivity contribution in [2.45, 2.75) is 11.8 Å². The third-order valence-electron chi connectivity index (χ3n) is 2.29. The van der Waals surface area contributed by atoms with Crippen molar-refractivity contribution in [3.05, 3.63) is 46.7 Å². The Morgan fingerprint density at radius 2 is 2.00 bits per heavy atom. The maximum absolute atomic E-state index is 4.41. The van der Waals surface area contributed by atoms with E-state index in [1.165, 1.54) is 11.1 Å². The number of aromatic nitrogens is 1. The Kier molecular flexibility index (Phi) is 3.12. The second-order valence-corrected chi connectivity index (χ2v) is 4.75. The second-order valence-electron chi connectivity index (χ2n) is 3.35. The zero-order valence-corrected chi connectivity index (χ0v) is 10.7. The van der Waals surface area contributed by atoms with Gasteiger partial charge in [0.2, 0.25) is 0 Å². The molecule has 0 bridgehead atoms. The lowest BCUT2D eigenvalue weighted by atomic mass is 10.0. The van der Waals surface area contributed by atoms with Gasteiger partial charge in [-0.25, -0.2) is 0 Å². The van der Waals surface area contributed by atoms with Crippen molar-refractivity contribution < 1.29 is 0 Å². The van der Waals surface area contributed by atoms with Crippen molar-refractivity contribution >= 4 is 28.6 Å². The topological polar surface area (TPSA) is 12.9 Å². The quantitative estimate of drug-likeness (QED) is 0.776. The minimum atomic E-state index is 0.902. The van der Waals surface area contributed by atoms with Crippen molar-refractivity contribution in [3.8, 4) is 11.1 Å². The lowest BCUT2D eigenvalue weighted by molar-refractivity contribution is 1.24. The van der Waals surface area contributed by atoms with E-state index in [-0.39, 0.29) is 0 Å². The largest absolute Gasteiger partial charge is 0.264 e. The summed E-state index contributed by atoms with van der Waals surface area (Å²) in [5.41, 5.74) is 3.55. The van der Waals surface area contributed by atoms with E-state index in [4.69, 9.17) is 0 Å². The summed E-state index contributed by atoms with van der Waals surface area (Å²) in [4.78, 5) is 4.94. The summed E-state index contributed by atoms with van der Waals surface area (Å²) in [6, 6.07) is 8.22. The normalized spacial score (nSPS) is 10.3. The van der Waals surface area contributed by atoms with Gasteiger partial charge >= 0.3 is 0 Å². The Labute approximate surface area is 103 Å². The number of hydrogen-bond acceptors (Lipinski definition) is 2. The average molecular weight is 280 g/mol. The van der Waals surface area contributed by atoms with E-state index < -0.39 is 0 Å². The monoisotopic (exact) mass is 279 g/mol. The molecule has 0 saturated carbocycles. The molecule has 0 aliphatic heterocycles. The number of rotatable bonds is 1. The van der Waals surface area contributed by atoms with Gasteiger partial charge in [-0.2, -0.15) is 0 Å². The summed E-state index contributed by atoms with van der Waals surface area (Å²) in [6.45, 7) is 2.09. The molecular weight excluding hydrogens is 270 g/mol. The van der Waals surface area contributed by atoms with Gasteiger partial charge in [-0.3, -0.25) is 4.98 Å². The van der Waals surface area contributed by atoms with Crippen LogP contribution in [-0.4, -0.2) is 4.98 Å². The number of aryl methyl sites for hydroxylation is 1. The summed E-state index contributed by atoms with van der Waals surface area (Å²) >= 11 is 7.89. The fourth-order valence-electron chi connectivity index (χ4n) is 1.50. The van der Waals surface area contributed by atoms with Crippen LogP contribution in [0.25, 0.3) is 11.1 Å². The predicted octanol–water partition coefficient (Wildman–Crippen LogP) is 4.11. The van der Waals surface area contributed by atoms with Gasteiger partial charge in [0.25, 0.3) is 0 Å². The molecule has 1 heterocycles. The first-order chi connectivity index (χ1) is 7.18. The zero-order valence-electron chi connectivity index (χ0n) is 8.24. The van der Waals surface area contributed by atoms with E-state index >= 15 is 0 Å². The lowest BCUT2D eigenvalue weighted by Crippen LogP contribution is -1.86. The van der Waals surface area contributed by atoms with Crippen LogP contribution >= 0.6 is 28.6 Å². The molecule has 1 nitrogen and oxygen atoms in total. The number of thiol groups is 1. The minimum absolute atomic E-state index is 0.902. The fourth-order valence-corrected chi connectivity index (χ4v) is 2.12. The molecule has 0 atom stereocenters. The van der Waals surface area contributed by atoms with E-state index in [0.717, 1.165) is 14.9 Å². The summed E-state index contributed by atoms with van der Waals surface area (Å²) in [5, 5.41) is 0. The SMILES string of the molecule is Cc1ccc(Br)cc1-c1ccncc1S. The molecule has 0 fully saturated rings. The first-order valence-corrected chi connectivity index (χ1v) is 5.82. The Morgan fingerprint density at radius 1 is 1.20 bits per heavy atom. The van der Waals surface area contributed by atoms with Gasteiger partial charge in [0.1, 0.15) is 0 Å². The molecule has 0 unspecified atom stereocenters. The summed E-state index contributed by atoms with van der Waals surface area (Å²) in [5.74, 6) is 0. The second kappa shape index (κ2) is 4.37.